The number of para-hydroxylation sites is 1. The Kier molecular flexibility index (Phi) is 3.24. The Hall–Kier alpha value is -1.87. The Morgan fingerprint density at radius 2 is 2.00 bits per heavy atom. The van der Waals surface area contributed by atoms with E-state index >= 15 is 0 Å². The van der Waals surface area contributed by atoms with E-state index < -0.39 is 0 Å². The molecule has 1 atom stereocenters. The summed E-state index contributed by atoms with van der Waals surface area (Å²) in [7, 11) is 0. The lowest BCUT2D eigenvalue weighted by molar-refractivity contribution is 0.647. The number of pyridine rings is 1. The minimum absolute atomic E-state index is 0.435. The van der Waals surface area contributed by atoms with Gasteiger partial charge < -0.3 is 10.6 Å². The van der Waals surface area contributed by atoms with E-state index in [9.17, 15) is 0 Å². The Balaban J connectivity index is 1.87. The Bertz CT molecular complexity index is 504. The van der Waals surface area contributed by atoms with Crippen molar-refractivity contribution < 1.29 is 0 Å². The monoisotopic (exact) mass is 239 g/mol. The second-order valence-electron chi connectivity index (χ2n) is 4.58. The largest absolute Gasteiger partial charge is 0.340 e. The van der Waals surface area contributed by atoms with Crippen molar-refractivity contribution in [2.24, 2.45) is 0 Å². The van der Waals surface area contributed by atoms with E-state index in [1.165, 1.54) is 18.4 Å². The summed E-state index contributed by atoms with van der Waals surface area (Å²) in [6.07, 6.45) is 4.27. The highest BCUT2D eigenvalue weighted by molar-refractivity contribution is 5.59. The Morgan fingerprint density at radius 3 is 2.78 bits per heavy atom. The quantitative estimate of drug-likeness (QED) is 0.863. The van der Waals surface area contributed by atoms with Crippen molar-refractivity contribution in [2.75, 3.05) is 11.9 Å². The maximum absolute atomic E-state index is 4.47. The van der Waals surface area contributed by atoms with Crippen LogP contribution in [0.15, 0.2) is 48.7 Å². The first kappa shape index (κ1) is 11.2. The van der Waals surface area contributed by atoms with Gasteiger partial charge in [0.25, 0.3) is 0 Å². The Morgan fingerprint density at radius 1 is 1.11 bits per heavy atom. The molecule has 3 heteroatoms. The molecule has 0 aliphatic carbocycles. The second kappa shape index (κ2) is 5.19. The zero-order valence-electron chi connectivity index (χ0n) is 10.3. The molecule has 1 aromatic heterocycles. The van der Waals surface area contributed by atoms with Gasteiger partial charge in [0.1, 0.15) is 5.82 Å². The van der Waals surface area contributed by atoms with Gasteiger partial charge in [0.2, 0.25) is 0 Å². The van der Waals surface area contributed by atoms with Gasteiger partial charge in [-0.3, -0.25) is 0 Å². The average Bonchev–Trinajstić information content (AvgIpc) is 2.94. The zero-order valence-corrected chi connectivity index (χ0v) is 10.3. The van der Waals surface area contributed by atoms with Gasteiger partial charge in [-0.05, 0) is 37.6 Å². The molecule has 0 spiro atoms. The van der Waals surface area contributed by atoms with E-state index in [1.54, 1.807) is 0 Å². The van der Waals surface area contributed by atoms with Crippen LogP contribution in [0.4, 0.5) is 11.5 Å². The molecule has 2 aromatic rings. The first-order valence-electron chi connectivity index (χ1n) is 6.44. The summed E-state index contributed by atoms with van der Waals surface area (Å²) >= 11 is 0. The first-order valence-corrected chi connectivity index (χ1v) is 6.44. The van der Waals surface area contributed by atoms with Crippen LogP contribution in [0.3, 0.4) is 0 Å². The van der Waals surface area contributed by atoms with Crippen LogP contribution in [0, 0.1) is 0 Å². The van der Waals surface area contributed by atoms with Crippen molar-refractivity contribution in [1.29, 1.82) is 0 Å². The van der Waals surface area contributed by atoms with Gasteiger partial charge in [-0.1, -0.05) is 24.3 Å². The molecule has 2 heterocycles. The summed E-state index contributed by atoms with van der Waals surface area (Å²) in [6, 6.07) is 14.8. The van der Waals surface area contributed by atoms with Crippen molar-refractivity contribution in [3.63, 3.8) is 0 Å². The predicted molar refractivity (Wildman–Crippen MR) is 73.9 cm³/mol. The van der Waals surface area contributed by atoms with Gasteiger partial charge >= 0.3 is 0 Å². The summed E-state index contributed by atoms with van der Waals surface area (Å²) in [5.74, 6) is 0.961. The van der Waals surface area contributed by atoms with Crippen LogP contribution in [0.2, 0.25) is 0 Å². The highest BCUT2D eigenvalue weighted by atomic mass is 15.0. The molecule has 1 saturated heterocycles. The summed E-state index contributed by atoms with van der Waals surface area (Å²) in [4.78, 5) is 4.47. The van der Waals surface area contributed by atoms with Crippen LogP contribution in [0.5, 0.6) is 0 Å². The molecule has 0 amide bonds. The van der Waals surface area contributed by atoms with E-state index in [2.05, 4.69) is 33.8 Å². The molecule has 92 valence electrons. The number of hydrogen-bond donors (Lipinski definition) is 2. The molecule has 0 radical (unpaired) electrons. The second-order valence-corrected chi connectivity index (χ2v) is 4.58. The van der Waals surface area contributed by atoms with Crippen LogP contribution in [0.25, 0.3) is 0 Å². The fourth-order valence-electron chi connectivity index (χ4n) is 2.41. The van der Waals surface area contributed by atoms with Crippen molar-refractivity contribution in [3.05, 3.63) is 54.2 Å². The van der Waals surface area contributed by atoms with Gasteiger partial charge in [-0.15, -0.1) is 0 Å². The third kappa shape index (κ3) is 2.36. The number of anilines is 2. The fourth-order valence-corrected chi connectivity index (χ4v) is 2.41. The third-order valence-electron chi connectivity index (χ3n) is 3.31. The minimum Gasteiger partial charge on any atom is -0.340 e. The molecular formula is C15H17N3. The van der Waals surface area contributed by atoms with Gasteiger partial charge in [0, 0.05) is 23.5 Å². The summed E-state index contributed by atoms with van der Waals surface area (Å²) in [5, 5.41) is 6.92. The summed E-state index contributed by atoms with van der Waals surface area (Å²) in [5.41, 5.74) is 2.34. The van der Waals surface area contributed by atoms with E-state index in [-0.39, 0.29) is 0 Å². The van der Waals surface area contributed by atoms with Crippen molar-refractivity contribution in [3.8, 4) is 0 Å². The molecule has 1 aliphatic heterocycles. The van der Waals surface area contributed by atoms with Gasteiger partial charge in [-0.25, -0.2) is 4.98 Å². The van der Waals surface area contributed by atoms with Gasteiger partial charge in [0.05, 0.1) is 0 Å². The number of nitrogens with one attached hydrogen (secondary N) is 2. The topological polar surface area (TPSA) is 37.0 Å². The number of rotatable bonds is 3. The summed E-state index contributed by atoms with van der Waals surface area (Å²) in [6.45, 7) is 1.10. The number of aromatic nitrogens is 1. The zero-order chi connectivity index (χ0) is 12.2. The minimum atomic E-state index is 0.435. The maximum Gasteiger partial charge on any atom is 0.135 e. The van der Waals surface area contributed by atoms with E-state index in [4.69, 9.17) is 0 Å². The average molecular weight is 239 g/mol. The molecule has 18 heavy (non-hydrogen) atoms. The van der Waals surface area contributed by atoms with E-state index in [0.29, 0.717) is 6.04 Å². The predicted octanol–water partition coefficient (Wildman–Crippen LogP) is 3.25. The standard InChI is InChI=1S/C15H17N3/c1-2-6-12(7-3-1)18-15-13(8-4-11-17-15)14-9-5-10-16-14/h1-4,6-8,11,14,16H,5,9-10H2,(H,17,18)/t14-/m1/s1. The smallest absolute Gasteiger partial charge is 0.135 e. The molecular weight excluding hydrogens is 222 g/mol. The lowest BCUT2D eigenvalue weighted by atomic mass is 10.1. The van der Waals surface area contributed by atoms with Crippen LogP contribution in [0.1, 0.15) is 24.4 Å². The van der Waals surface area contributed by atoms with Gasteiger partial charge in [-0.2, -0.15) is 0 Å². The number of hydrogen-bond acceptors (Lipinski definition) is 3. The van der Waals surface area contributed by atoms with Crippen molar-refractivity contribution in [2.45, 2.75) is 18.9 Å². The van der Waals surface area contributed by atoms with Crippen molar-refractivity contribution in [1.82, 2.24) is 10.3 Å². The fraction of sp³-hybridized carbons (Fsp3) is 0.267. The molecule has 1 fully saturated rings. The lowest BCUT2D eigenvalue weighted by Gasteiger charge is -2.16. The van der Waals surface area contributed by atoms with Crippen LogP contribution in [-0.4, -0.2) is 11.5 Å². The molecule has 0 unspecified atom stereocenters. The maximum atomic E-state index is 4.47. The molecule has 1 aliphatic rings. The highest BCUT2D eigenvalue weighted by Crippen LogP contribution is 2.29. The molecule has 0 saturated carbocycles. The number of nitrogens with zero attached hydrogens (tertiary/aromatic N) is 1. The highest BCUT2D eigenvalue weighted by Gasteiger charge is 2.19. The van der Waals surface area contributed by atoms with Crippen LogP contribution < -0.4 is 10.6 Å². The summed E-state index contributed by atoms with van der Waals surface area (Å²) < 4.78 is 0. The molecule has 0 bridgehead atoms. The normalized spacial score (nSPS) is 18.8. The lowest BCUT2D eigenvalue weighted by Crippen LogP contribution is -2.14. The van der Waals surface area contributed by atoms with Crippen LogP contribution in [-0.2, 0) is 0 Å². The molecule has 1 aromatic carbocycles. The Labute approximate surface area is 107 Å². The molecule has 2 N–H and O–H groups in total. The number of benzene rings is 1. The first-order chi connectivity index (χ1) is 8.93. The van der Waals surface area contributed by atoms with E-state index in [0.717, 1.165) is 18.1 Å². The van der Waals surface area contributed by atoms with E-state index in [1.807, 2.05) is 30.5 Å². The van der Waals surface area contributed by atoms with Gasteiger partial charge in [0.15, 0.2) is 0 Å². The van der Waals surface area contributed by atoms with Crippen LogP contribution >= 0.6 is 0 Å². The third-order valence-corrected chi connectivity index (χ3v) is 3.31. The molecule has 3 nitrogen and oxygen atoms in total. The molecule has 3 rings (SSSR count). The van der Waals surface area contributed by atoms with Crippen molar-refractivity contribution >= 4 is 11.5 Å². The SMILES string of the molecule is c1ccc(Nc2ncccc2[C@H]2CCCN2)cc1.